The van der Waals surface area contributed by atoms with E-state index >= 15 is 4.79 Å². The lowest BCUT2D eigenvalue weighted by Crippen LogP contribution is -2.59. The zero-order valence-electron chi connectivity index (χ0n) is 42.2. The predicted octanol–water partition coefficient (Wildman–Crippen LogP) is 3.20. The van der Waals surface area contributed by atoms with E-state index in [-0.39, 0.29) is 61.7 Å². The van der Waals surface area contributed by atoms with Crippen LogP contribution in [0.25, 0.3) is 11.1 Å². The summed E-state index contributed by atoms with van der Waals surface area (Å²) in [7, 11) is 1.51. The molecule has 420 valence electrons. The van der Waals surface area contributed by atoms with Crippen molar-refractivity contribution in [3.63, 3.8) is 0 Å². The van der Waals surface area contributed by atoms with Crippen LogP contribution in [-0.4, -0.2) is 113 Å². The van der Waals surface area contributed by atoms with Gasteiger partial charge in [-0.25, -0.2) is 4.79 Å². The minimum absolute atomic E-state index is 0.0180. The van der Waals surface area contributed by atoms with E-state index in [4.69, 9.17) is 50.6 Å². The smallest absolute Gasteiger partial charge is 0.330 e. The summed E-state index contributed by atoms with van der Waals surface area (Å²) in [5, 5.41) is 97.3. The number of hydrogen-bond donors (Lipinski definition) is 15. The maximum Gasteiger partial charge on any atom is 0.330 e. The molecule has 6 amide bonds. The number of nitrogens with two attached hydrogens (primary N) is 1. The quantitative estimate of drug-likeness (QED) is 0.0992. The van der Waals surface area contributed by atoms with E-state index in [1.165, 1.54) is 55.6 Å². The van der Waals surface area contributed by atoms with Gasteiger partial charge in [0.05, 0.1) is 22.5 Å². The van der Waals surface area contributed by atoms with Gasteiger partial charge >= 0.3 is 5.97 Å². The van der Waals surface area contributed by atoms with E-state index in [0.29, 0.717) is 0 Å². The first kappa shape index (κ1) is 57.7. The lowest BCUT2D eigenvalue weighted by atomic mass is 9.89. The fourth-order valence-electron chi connectivity index (χ4n) is 9.34. The standard InChI is InChI=1S/C53H52Cl2N8O16S/c1-19(2)10-29(57-3)47(71)61-42-44(68)21-5-8-33(27(54)12-21)78-35-14-23-15-36(46(35)70)79-34-9-6-22(13-28(34)55)45(69)43-51(75)60-41(53(76)77)26-16-24(64)17-32(66)38(26)25-11-20(4-7-31(25)65)39(49(73)62-43)63-52(80)40(23)59-48(72)30(18-37(56)67)58-50(42)74/h4-9,11-17,19,29-30,39-45,57,64-66,68-70H,10,18H2,1-3H3,(H2,56,67)(H,58,74)(H,59,72)(H,60,75)(H,61,71)(H,62,73)(H,63,80)(H,76,77)/t29-,30+,39-,40-,41+,42-,43+,44-,45-/m1/s1. The van der Waals surface area contributed by atoms with Crippen molar-refractivity contribution in [2.24, 2.45) is 11.7 Å². The normalized spacial score (nSPS) is 22.4. The summed E-state index contributed by atoms with van der Waals surface area (Å²) in [6, 6.07) is 2.22. The molecule has 5 heterocycles. The Bertz CT molecular complexity index is 3390. The van der Waals surface area contributed by atoms with Crippen LogP contribution in [0, 0.1) is 5.92 Å². The molecule has 11 bridgehead atoms. The Morgan fingerprint density at radius 3 is 1.88 bits per heavy atom. The van der Waals surface area contributed by atoms with Crippen molar-refractivity contribution in [1.29, 1.82) is 0 Å². The summed E-state index contributed by atoms with van der Waals surface area (Å²) in [5.74, 6) is -12.6. The maximum atomic E-state index is 15.1. The van der Waals surface area contributed by atoms with Crippen LogP contribution in [0.2, 0.25) is 10.0 Å². The van der Waals surface area contributed by atoms with Crippen molar-refractivity contribution >= 4 is 81.8 Å². The molecule has 5 aromatic rings. The molecule has 27 heteroatoms. The topological polar surface area (TPSA) is 390 Å². The molecule has 0 fully saturated rings. The number of rotatable bonds is 8. The van der Waals surface area contributed by atoms with Crippen molar-refractivity contribution in [3.8, 4) is 57.1 Å². The van der Waals surface area contributed by atoms with Crippen LogP contribution in [0.5, 0.6) is 46.0 Å². The maximum absolute atomic E-state index is 15.1. The van der Waals surface area contributed by atoms with Gasteiger partial charge in [0.15, 0.2) is 17.5 Å². The Kier molecular flexibility index (Phi) is 16.9. The number of fused-ring (bicyclic) bond motifs is 15. The minimum atomic E-state index is -2.14. The van der Waals surface area contributed by atoms with Gasteiger partial charge in [0.25, 0.3) is 0 Å². The van der Waals surface area contributed by atoms with E-state index in [0.717, 1.165) is 30.3 Å². The molecule has 0 unspecified atom stereocenters. The number of carbonyl (C=O) groups excluding carboxylic acids is 6. The van der Waals surface area contributed by atoms with Crippen molar-refractivity contribution in [2.45, 2.75) is 81.2 Å². The second-order valence-electron chi connectivity index (χ2n) is 19.4. The highest BCUT2D eigenvalue weighted by atomic mass is 35.5. The van der Waals surface area contributed by atoms with Gasteiger partial charge in [-0.3, -0.25) is 28.8 Å². The Hall–Kier alpha value is -8.46. The Labute approximate surface area is 469 Å². The van der Waals surface area contributed by atoms with E-state index in [1.54, 1.807) is 0 Å². The molecule has 0 saturated heterocycles. The molecule has 80 heavy (non-hydrogen) atoms. The van der Waals surface area contributed by atoms with Crippen molar-refractivity contribution in [3.05, 3.63) is 117 Å². The van der Waals surface area contributed by atoms with Gasteiger partial charge < -0.3 is 88.2 Å². The number of carboxylic acids is 1. The number of aliphatic hydroxyl groups excluding tert-OH is 2. The van der Waals surface area contributed by atoms with Gasteiger partial charge in [-0.15, -0.1) is 0 Å². The van der Waals surface area contributed by atoms with Crippen LogP contribution in [0.15, 0.2) is 78.9 Å². The number of phenolic OH excluding ortho intramolecular Hbond substituents is 4. The SMILES string of the molecule is CN[C@H](CC(C)C)C(=O)N[C@H]1C(=O)N[C@@H](CC(N)=O)C(=O)N[C@H]2C(=S)N[C@H]3C(=O)N[C@H](C(=O)N[C@H](C(=O)O)c4cc(O)cc(O)c4-c4cc3ccc4O)[C@H](O)c3ccc(c(Cl)c3)Oc3cc2cc(c3O)Oc2ccc(cc2Cl)[C@H]1O. The minimum Gasteiger partial charge on any atom is -0.508 e. The zero-order chi connectivity index (χ0) is 58.2. The average molecular weight is 1160 g/mol. The molecule has 0 aromatic heterocycles. The summed E-state index contributed by atoms with van der Waals surface area (Å²) in [5.41, 5.74) is 3.92. The monoisotopic (exact) mass is 1160 g/mol. The van der Waals surface area contributed by atoms with Crippen LogP contribution in [0.1, 0.15) is 84.8 Å². The van der Waals surface area contributed by atoms with E-state index in [2.05, 4.69) is 37.2 Å². The molecular formula is C53H52Cl2N8O16S. The van der Waals surface area contributed by atoms with Crippen LogP contribution in [0.3, 0.4) is 0 Å². The largest absolute Gasteiger partial charge is 0.508 e. The van der Waals surface area contributed by atoms with E-state index < -0.39 is 153 Å². The Morgan fingerprint density at radius 2 is 1.30 bits per heavy atom. The van der Waals surface area contributed by atoms with Gasteiger partial charge in [-0.05, 0) is 96.2 Å². The lowest BCUT2D eigenvalue weighted by molar-refractivity contribution is -0.143. The summed E-state index contributed by atoms with van der Waals surface area (Å²) >= 11 is 19.6. The number of aliphatic carboxylic acids is 1. The number of phenols is 4. The fourth-order valence-corrected chi connectivity index (χ4v) is 10.1. The first-order valence-electron chi connectivity index (χ1n) is 24.4. The predicted molar refractivity (Wildman–Crippen MR) is 288 cm³/mol. The first-order valence-corrected chi connectivity index (χ1v) is 25.6. The molecule has 0 aliphatic carbocycles. The second-order valence-corrected chi connectivity index (χ2v) is 20.6. The molecule has 0 saturated carbocycles. The second kappa shape index (κ2) is 23.5. The van der Waals surface area contributed by atoms with Gasteiger partial charge in [0, 0.05) is 22.8 Å². The third-order valence-corrected chi connectivity index (χ3v) is 14.3. The molecular weight excluding hydrogens is 1110 g/mol. The highest BCUT2D eigenvalue weighted by molar-refractivity contribution is 7.80. The summed E-state index contributed by atoms with van der Waals surface area (Å²) in [4.78, 5) is 98.0. The van der Waals surface area contributed by atoms with Crippen LogP contribution < -0.4 is 52.4 Å². The number of nitrogens with one attached hydrogen (secondary N) is 7. The molecule has 5 aromatic carbocycles. The Balaban J connectivity index is 1.36. The number of aromatic hydroxyl groups is 4. The number of benzene rings is 5. The average Bonchev–Trinajstić information content (AvgIpc) is 3.39. The number of halogens is 2. The molecule has 0 spiro atoms. The van der Waals surface area contributed by atoms with Gasteiger partial charge in [-0.1, -0.05) is 67.5 Å². The van der Waals surface area contributed by atoms with Gasteiger partial charge in [0.2, 0.25) is 41.2 Å². The van der Waals surface area contributed by atoms with Crippen molar-refractivity contribution in [1.82, 2.24) is 37.2 Å². The molecule has 16 N–H and O–H groups in total. The van der Waals surface area contributed by atoms with E-state index in [1.807, 2.05) is 13.8 Å². The van der Waals surface area contributed by atoms with Gasteiger partial charge in [0.1, 0.15) is 76.2 Å². The third kappa shape index (κ3) is 12.1. The zero-order valence-corrected chi connectivity index (χ0v) is 44.6. The number of carboxylic acid groups (broad SMARTS) is 1. The molecule has 5 aliphatic heterocycles. The summed E-state index contributed by atoms with van der Waals surface area (Å²) < 4.78 is 12.4. The molecule has 10 rings (SSSR count). The number of aliphatic hydroxyl groups is 2. The number of hydrogen-bond acceptors (Lipinski definition) is 17. The molecule has 24 nitrogen and oxygen atoms in total. The van der Waals surface area contributed by atoms with Crippen molar-refractivity contribution in [2.75, 3.05) is 7.05 Å². The first-order chi connectivity index (χ1) is 37.8. The van der Waals surface area contributed by atoms with E-state index in [9.17, 15) is 64.5 Å². The summed E-state index contributed by atoms with van der Waals surface area (Å²) in [6.45, 7) is 3.71. The van der Waals surface area contributed by atoms with Crippen LogP contribution in [-0.2, 0) is 33.6 Å². The van der Waals surface area contributed by atoms with Crippen LogP contribution in [0.4, 0.5) is 0 Å². The molecule has 0 radical (unpaired) electrons. The van der Waals surface area contributed by atoms with Crippen LogP contribution >= 0.6 is 35.4 Å². The summed E-state index contributed by atoms with van der Waals surface area (Å²) in [6.07, 6.45) is -4.60. The number of ether oxygens (including phenoxy) is 2. The number of amides is 6. The number of carbonyl (C=O) groups is 7. The fraction of sp³-hybridized carbons (Fsp3) is 0.283. The van der Waals surface area contributed by atoms with Gasteiger partial charge in [-0.2, -0.15) is 0 Å². The highest BCUT2D eigenvalue weighted by Gasteiger charge is 2.41. The number of thiocarbonyl (C=S) groups is 1. The third-order valence-electron chi connectivity index (χ3n) is 13.3. The highest BCUT2D eigenvalue weighted by Crippen LogP contribution is 2.48. The van der Waals surface area contributed by atoms with Crippen molar-refractivity contribution < 1.29 is 78.8 Å². The molecule has 9 atom stereocenters. The lowest BCUT2D eigenvalue weighted by Gasteiger charge is -2.32. The Morgan fingerprint density at radius 1 is 0.688 bits per heavy atom. The number of likely N-dealkylation sites (N-methyl/N-ethyl adjacent to an activating group) is 1. The number of primary amides is 1. The molecule has 5 aliphatic rings.